The molecule has 0 atom stereocenters. The monoisotopic (exact) mass is 288 g/mol. The lowest BCUT2D eigenvalue weighted by molar-refractivity contribution is 0.414. The third-order valence-corrected chi connectivity index (χ3v) is 3.08. The van der Waals surface area contributed by atoms with Crippen molar-refractivity contribution in [3.8, 4) is 11.5 Å². The van der Waals surface area contributed by atoms with E-state index in [1.165, 1.54) is 0 Å². The van der Waals surface area contributed by atoms with E-state index in [9.17, 15) is 0 Å². The zero-order valence-electron chi connectivity index (χ0n) is 11.3. The summed E-state index contributed by atoms with van der Waals surface area (Å²) in [7, 11) is 3.25. The highest BCUT2D eigenvalue weighted by Gasteiger charge is 2.07. The Morgan fingerprint density at radius 3 is 2.15 bits per heavy atom. The van der Waals surface area contributed by atoms with Crippen molar-refractivity contribution >= 4 is 28.6 Å². The van der Waals surface area contributed by atoms with E-state index in [0.29, 0.717) is 4.99 Å². The summed E-state index contributed by atoms with van der Waals surface area (Å²) in [6.07, 6.45) is 0. The second kappa shape index (κ2) is 6.25. The molecule has 0 fully saturated rings. The van der Waals surface area contributed by atoms with Gasteiger partial charge >= 0.3 is 0 Å². The predicted molar refractivity (Wildman–Crippen MR) is 85.2 cm³/mol. The molecule has 5 heteroatoms. The number of ether oxygens (including phenoxy) is 2. The molecule has 2 rings (SSSR count). The average molecular weight is 288 g/mol. The summed E-state index contributed by atoms with van der Waals surface area (Å²) in [4.78, 5) is 0.337. The summed E-state index contributed by atoms with van der Waals surface area (Å²) in [5.41, 5.74) is 8.23. The van der Waals surface area contributed by atoms with Gasteiger partial charge in [0, 0.05) is 17.3 Å². The van der Waals surface area contributed by atoms with Crippen molar-refractivity contribution in [3.05, 3.63) is 48.0 Å². The topological polar surface area (TPSA) is 56.5 Å². The number of rotatable bonds is 5. The third kappa shape index (κ3) is 3.19. The van der Waals surface area contributed by atoms with Crippen LogP contribution in [0.15, 0.2) is 42.5 Å². The van der Waals surface area contributed by atoms with Crippen molar-refractivity contribution in [2.45, 2.75) is 0 Å². The maximum absolute atomic E-state index is 5.74. The number of nitrogens with one attached hydrogen (secondary N) is 1. The number of thiocarbonyl (C=S) groups is 1. The van der Waals surface area contributed by atoms with Gasteiger partial charge in [0.05, 0.1) is 19.9 Å². The Morgan fingerprint density at radius 1 is 1.00 bits per heavy atom. The van der Waals surface area contributed by atoms with E-state index in [4.69, 9.17) is 27.4 Å². The molecule has 0 aliphatic heterocycles. The quantitative estimate of drug-likeness (QED) is 0.828. The molecular weight excluding hydrogens is 272 g/mol. The van der Waals surface area contributed by atoms with Crippen LogP contribution in [0.4, 0.5) is 11.4 Å². The molecule has 0 aromatic heterocycles. The SMILES string of the molecule is COc1ccc(Nc2cc(OC)ccc2C(N)=S)cc1. The van der Waals surface area contributed by atoms with E-state index in [2.05, 4.69) is 5.32 Å². The van der Waals surface area contributed by atoms with Gasteiger partial charge in [0.25, 0.3) is 0 Å². The summed E-state index contributed by atoms with van der Waals surface area (Å²) in [5, 5.41) is 3.28. The first-order valence-electron chi connectivity index (χ1n) is 6.03. The lowest BCUT2D eigenvalue weighted by Crippen LogP contribution is -2.12. The maximum atomic E-state index is 5.74. The minimum Gasteiger partial charge on any atom is -0.497 e. The molecule has 104 valence electrons. The normalized spacial score (nSPS) is 9.90. The molecule has 0 unspecified atom stereocenters. The number of anilines is 2. The standard InChI is InChI=1S/C15H16N2O2S/c1-18-11-5-3-10(4-6-11)17-14-9-12(19-2)7-8-13(14)15(16)20/h3-9,17H,1-2H3,(H2,16,20). The van der Waals surface area contributed by atoms with Gasteiger partial charge in [-0.3, -0.25) is 0 Å². The molecule has 0 saturated heterocycles. The van der Waals surface area contributed by atoms with Crippen molar-refractivity contribution in [2.24, 2.45) is 5.73 Å². The first-order chi connectivity index (χ1) is 9.63. The van der Waals surface area contributed by atoms with Crippen molar-refractivity contribution in [3.63, 3.8) is 0 Å². The van der Waals surface area contributed by atoms with Crippen molar-refractivity contribution < 1.29 is 9.47 Å². The Bertz CT molecular complexity index is 612. The molecule has 0 saturated carbocycles. The van der Waals surface area contributed by atoms with Gasteiger partial charge in [-0.2, -0.15) is 0 Å². The molecule has 2 aromatic carbocycles. The van der Waals surface area contributed by atoms with Crippen LogP contribution in [-0.4, -0.2) is 19.2 Å². The fraction of sp³-hybridized carbons (Fsp3) is 0.133. The van der Waals surface area contributed by atoms with Crippen LogP contribution in [0.2, 0.25) is 0 Å². The Morgan fingerprint density at radius 2 is 1.60 bits per heavy atom. The van der Waals surface area contributed by atoms with E-state index in [0.717, 1.165) is 28.4 Å². The lowest BCUT2D eigenvalue weighted by atomic mass is 10.1. The van der Waals surface area contributed by atoms with Gasteiger partial charge in [-0.1, -0.05) is 12.2 Å². The first kappa shape index (κ1) is 14.1. The van der Waals surface area contributed by atoms with Crippen LogP contribution in [0.3, 0.4) is 0 Å². The third-order valence-electron chi connectivity index (χ3n) is 2.86. The second-order valence-electron chi connectivity index (χ2n) is 4.13. The van der Waals surface area contributed by atoms with E-state index < -0.39 is 0 Å². The van der Waals surface area contributed by atoms with Crippen LogP contribution >= 0.6 is 12.2 Å². The Kier molecular flexibility index (Phi) is 4.42. The fourth-order valence-corrected chi connectivity index (χ4v) is 1.98. The molecule has 0 heterocycles. The van der Waals surface area contributed by atoms with Gasteiger partial charge in [-0.25, -0.2) is 0 Å². The van der Waals surface area contributed by atoms with E-state index in [-0.39, 0.29) is 0 Å². The second-order valence-corrected chi connectivity index (χ2v) is 4.57. The summed E-state index contributed by atoms with van der Waals surface area (Å²) in [6, 6.07) is 13.1. The smallest absolute Gasteiger partial charge is 0.120 e. The Balaban J connectivity index is 2.32. The molecule has 4 nitrogen and oxygen atoms in total. The van der Waals surface area contributed by atoms with Gasteiger partial charge in [0.15, 0.2) is 0 Å². The number of methoxy groups -OCH3 is 2. The first-order valence-corrected chi connectivity index (χ1v) is 6.44. The summed E-state index contributed by atoms with van der Waals surface area (Å²) >= 11 is 5.06. The van der Waals surface area contributed by atoms with Gasteiger partial charge in [-0.15, -0.1) is 0 Å². The van der Waals surface area contributed by atoms with Gasteiger partial charge < -0.3 is 20.5 Å². The Labute approximate surface area is 123 Å². The molecule has 0 radical (unpaired) electrons. The van der Waals surface area contributed by atoms with Crippen molar-refractivity contribution in [2.75, 3.05) is 19.5 Å². The highest BCUT2D eigenvalue weighted by molar-refractivity contribution is 7.80. The van der Waals surface area contributed by atoms with Crippen LogP contribution < -0.4 is 20.5 Å². The van der Waals surface area contributed by atoms with Crippen molar-refractivity contribution in [1.82, 2.24) is 0 Å². The maximum Gasteiger partial charge on any atom is 0.120 e. The van der Waals surface area contributed by atoms with Crippen LogP contribution in [0.1, 0.15) is 5.56 Å². The largest absolute Gasteiger partial charge is 0.497 e. The van der Waals surface area contributed by atoms with Crippen molar-refractivity contribution in [1.29, 1.82) is 0 Å². The average Bonchev–Trinajstić information content (AvgIpc) is 2.47. The lowest BCUT2D eigenvalue weighted by Gasteiger charge is -2.13. The molecule has 0 amide bonds. The van der Waals surface area contributed by atoms with E-state index in [1.807, 2.05) is 42.5 Å². The molecule has 0 aliphatic rings. The molecule has 0 aliphatic carbocycles. The van der Waals surface area contributed by atoms with Gasteiger partial charge in [0.1, 0.15) is 16.5 Å². The van der Waals surface area contributed by atoms with Gasteiger partial charge in [0.2, 0.25) is 0 Å². The fourth-order valence-electron chi connectivity index (χ4n) is 1.80. The van der Waals surface area contributed by atoms with Crippen LogP contribution in [0, 0.1) is 0 Å². The van der Waals surface area contributed by atoms with E-state index >= 15 is 0 Å². The molecule has 0 spiro atoms. The summed E-state index contributed by atoms with van der Waals surface area (Å²) in [5.74, 6) is 1.54. The van der Waals surface area contributed by atoms with Crippen LogP contribution in [-0.2, 0) is 0 Å². The molecule has 2 aromatic rings. The predicted octanol–water partition coefficient (Wildman–Crippen LogP) is 3.08. The molecular formula is C15H16N2O2S. The number of nitrogens with two attached hydrogens (primary N) is 1. The number of hydrogen-bond acceptors (Lipinski definition) is 4. The minimum atomic E-state index is 0.337. The summed E-state index contributed by atoms with van der Waals surface area (Å²) in [6.45, 7) is 0. The van der Waals surface area contributed by atoms with Crippen LogP contribution in [0.25, 0.3) is 0 Å². The van der Waals surface area contributed by atoms with Gasteiger partial charge in [-0.05, 0) is 36.4 Å². The minimum absolute atomic E-state index is 0.337. The number of benzene rings is 2. The zero-order chi connectivity index (χ0) is 14.5. The molecule has 0 bridgehead atoms. The van der Waals surface area contributed by atoms with Crippen LogP contribution in [0.5, 0.6) is 11.5 Å². The number of hydrogen-bond donors (Lipinski definition) is 2. The highest BCUT2D eigenvalue weighted by atomic mass is 32.1. The Hall–Kier alpha value is -2.27. The zero-order valence-corrected chi connectivity index (χ0v) is 12.2. The molecule has 20 heavy (non-hydrogen) atoms. The highest BCUT2D eigenvalue weighted by Crippen LogP contribution is 2.26. The molecule has 3 N–H and O–H groups in total. The van der Waals surface area contributed by atoms with E-state index in [1.54, 1.807) is 14.2 Å². The summed E-state index contributed by atoms with van der Waals surface area (Å²) < 4.78 is 10.3.